The number of anilines is 1. The van der Waals surface area contributed by atoms with Gasteiger partial charge in [0.05, 0.1) is 5.69 Å². The summed E-state index contributed by atoms with van der Waals surface area (Å²) in [5.41, 5.74) is 3.42. The molecule has 0 atom stereocenters. The fraction of sp³-hybridized carbons (Fsp3) is 0.364. The molecule has 0 spiro atoms. The van der Waals surface area contributed by atoms with Crippen molar-refractivity contribution >= 4 is 28.9 Å². The van der Waals surface area contributed by atoms with Crippen LogP contribution in [0, 0.1) is 6.92 Å². The second-order valence-corrected chi connectivity index (χ2v) is 5.70. The Hall–Kier alpha value is -1.14. The molecule has 0 saturated carbocycles. The van der Waals surface area contributed by atoms with Crippen molar-refractivity contribution in [2.45, 2.75) is 18.4 Å². The van der Waals surface area contributed by atoms with E-state index >= 15 is 0 Å². The Labute approximate surface area is 108 Å². The molecule has 1 N–H and O–H groups in total. The van der Waals surface area contributed by atoms with Crippen molar-refractivity contribution < 1.29 is 0 Å². The van der Waals surface area contributed by atoms with E-state index in [9.17, 15) is 0 Å². The van der Waals surface area contributed by atoms with Gasteiger partial charge in [0.25, 0.3) is 0 Å². The van der Waals surface area contributed by atoms with Gasteiger partial charge in [0.1, 0.15) is 5.82 Å². The van der Waals surface area contributed by atoms with Crippen LogP contribution in [-0.2, 0) is 11.5 Å². The summed E-state index contributed by atoms with van der Waals surface area (Å²) in [5, 5.41) is 6.09. The van der Waals surface area contributed by atoms with Crippen LogP contribution in [0.15, 0.2) is 5.38 Å². The standard InChI is InChI=1S/C11H12N4S2/c1-6-3-17-11(13-6)10-14-8-5-16-4-7(8)9(12-2)15-10/h3H,4-5H2,1-2H3,(H,12,14,15). The fourth-order valence-electron chi connectivity index (χ4n) is 1.81. The summed E-state index contributed by atoms with van der Waals surface area (Å²) in [6.07, 6.45) is 0. The number of thiazole rings is 1. The van der Waals surface area contributed by atoms with Crippen molar-refractivity contribution in [2.24, 2.45) is 0 Å². The number of fused-ring (bicyclic) bond motifs is 1. The Balaban J connectivity index is 2.12. The number of rotatable bonds is 2. The van der Waals surface area contributed by atoms with Crippen LogP contribution in [-0.4, -0.2) is 22.0 Å². The van der Waals surface area contributed by atoms with Crippen molar-refractivity contribution in [3.05, 3.63) is 22.3 Å². The Morgan fingerprint density at radius 3 is 2.82 bits per heavy atom. The van der Waals surface area contributed by atoms with Gasteiger partial charge in [0, 0.05) is 35.2 Å². The van der Waals surface area contributed by atoms with E-state index in [-0.39, 0.29) is 0 Å². The topological polar surface area (TPSA) is 50.7 Å². The predicted molar refractivity (Wildman–Crippen MR) is 72.4 cm³/mol. The number of hydrogen-bond acceptors (Lipinski definition) is 6. The summed E-state index contributed by atoms with van der Waals surface area (Å²) in [6, 6.07) is 0. The number of thioether (sulfide) groups is 1. The van der Waals surface area contributed by atoms with E-state index in [1.807, 2.05) is 31.1 Å². The molecule has 2 aromatic rings. The molecule has 88 valence electrons. The van der Waals surface area contributed by atoms with Crippen LogP contribution in [0.2, 0.25) is 0 Å². The van der Waals surface area contributed by atoms with Gasteiger partial charge >= 0.3 is 0 Å². The Morgan fingerprint density at radius 1 is 1.24 bits per heavy atom. The number of nitrogens with zero attached hydrogens (tertiary/aromatic N) is 3. The highest BCUT2D eigenvalue weighted by Gasteiger charge is 2.20. The highest BCUT2D eigenvalue weighted by molar-refractivity contribution is 7.98. The number of aryl methyl sites for hydroxylation is 1. The molecule has 0 amide bonds. The molecule has 0 saturated heterocycles. The van der Waals surface area contributed by atoms with E-state index in [0.29, 0.717) is 0 Å². The van der Waals surface area contributed by atoms with Gasteiger partial charge in [-0.1, -0.05) is 0 Å². The predicted octanol–water partition coefficient (Wildman–Crippen LogP) is 2.70. The van der Waals surface area contributed by atoms with Crippen LogP contribution in [0.4, 0.5) is 5.82 Å². The van der Waals surface area contributed by atoms with Crippen molar-refractivity contribution in [3.8, 4) is 10.8 Å². The third-order valence-corrected chi connectivity index (χ3v) is 4.55. The second kappa shape index (κ2) is 4.27. The van der Waals surface area contributed by atoms with Gasteiger partial charge in [-0.2, -0.15) is 11.8 Å². The van der Waals surface area contributed by atoms with Gasteiger partial charge in [-0.3, -0.25) is 0 Å². The summed E-state index contributed by atoms with van der Waals surface area (Å²) in [4.78, 5) is 13.6. The van der Waals surface area contributed by atoms with Gasteiger partial charge in [-0.15, -0.1) is 11.3 Å². The monoisotopic (exact) mass is 264 g/mol. The maximum absolute atomic E-state index is 4.62. The maximum atomic E-state index is 4.62. The third kappa shape index (κ3) is 1.91. The smallest absolute Gasteiger partial charge is 0.190 e. The first kappa shape index (κ1) is 11.0. The molecule has 0 fully saturated rings. The lowest BCUT2D eigenvalue weighted by molar-refractivity contribution is 1.06. The molecule has 4 nitrogen and oxygen atoms in total. The molecule has 0 radical (unpaired) electrons. The highest BCUT2D eigenvalue weighted by atomic mass is 32.2. The first-order chi connectivity index (χ1) is 8.28. The van der Waals surface area contributed by atoms with Crippen LogP contribution in [0.5, 0.6) is 0 Å². The highest BCUT2D eigenvalue weighted by Crippen LogP contribution is 2.34. The van der Waals surface area contributed by atoms with E-state index in [1.54, 1.807) is 11.3 Å². The van der Waals surface area contributed by atoms with E-state index < -0.39 is 0 Å². The lowest BCUT2D eigenvalue weighted by Gasteiger charge is -2.07. The molecule has 1 aliphatic rings. The molecule has 2 aromatic heterocycles. The maximum Gasteiger partial charge on any atom is 0.190 e. The average Bonchev–Trinajstić information content (AvgIpc) is 2.95. The fourth-order valence-corrected chi connectivity index (χ4v) is 3.58. The summed E-state index contributed by atoms with van der Waals surface area (Å²) in [6.45, 7) is 1.99. The van der Waals surface area contributed by atoms with Gasteiger partial charge in [-0.25, -0.2) is 15.0 Å². The number of hydrogen-bond donors (Lipinski definition) is 1. The van der Waals surface area contributed by atoms with Crippen molar-refractivity contribution in [1.82, 2.24) is 15.0 Å². The average molecular weight is 264 g/mol. The largest absolute Gasteiger partial charge is 0.373 e. The molecule has 6 heteroatoms. The summed E-state index contributed by atoms with van der Waals surface area (Å²) < 4.78 is 0. The van der Waals surface area contributed by atoms with Crippen molar-refractivity contribution in [2.75, 3.05) is 12.4 Å². The lowest BCUT2D eigenvalue weighted by Crippen LogP contribution is -2.03. The first-order valence-electron chi connectivity index (χ1n) is 5.35. The second-order valence-electron chi connectivity index (χ2n) is 3.86. The minimum absolute atomic E-state index is 0.744. The van der Waals surface area contributed by atoms with Crippen LogP contribution in [0.25, 0.3) is 10.8 Å². The summed E-state index contributed by atoms with van der Waals surface area (Å²) >= 11 is 3.48. The summed E-state index contributed by atoms with van der Waals surface area (Å²) in [7, 11) is 1.91. The van der Waals surface area contributed by atoms with Gasteiger partial charge < -0.3 is 5.32 Å². The van der Waals surface area contributed by atoms with Gasteiger partial charge in [-0.05, 0) is 6.92 Å². The molecule has 3 heterocycles. The van der Waals surface area contributed by atoms with Crippen LogP contribution >= 0.6 is 23.1 Å². The zero-order valence-corrected chi connectivity index (χ0v) is 11.3. The van der Waals surface area contributed by atoms with Crippen LogP contribution in [0.1, 0.15) is 17.0 Å². The SMILES string of the molecule is CNc1nc(-c2nc(C)cs2)nc2c1CSC2. The minimum Gasteiger partial charge on any atom is -0.373 e. The van der Waals surface area contributed by atoms with Crippen molar-refractivity contribution in [3.63, 3.8) is 0 Å². The number of aromatic nitrogens is 3. The number of nitrogens with one attached hydrogen (secondary N) is 1. The molecule has 0 bridgehead atoms. The normalized spacial score (nSPS) is 13.8. The first-order valence-corrected chi connectivity index (χ1v) is 7.39. The minimum atomic E-state index is 0.744. The third-order valence-electron chi connectivity index (χ3n) is 2.63. The quantitative estimate of drug-likeness (QED) is 0.903. The molecular weight excluding hydrogens is 252 g/mol. The molecule has 17 heavy (non-hydrogen) atoms. The molecule has 0 unspecified atom stereocenters. The Kier molecular flexibility index (Phi) is 2.76. The van der Waals surface area contributed by atoms with Gasteiger partial charge in [0.15, 0.2) is 10.8 Å². The Bertz CT molecular complexity index is 565. The van der Waals surface area contributed by atoms with Crippen LogP contribution < -0.4 is 5.32 Å². The zero-order valence-electron chi connectivity index (χ0n) is 9.65. The zero-order chi connectivity index (χ0) is 11.8. The lowest BCUT2D eigenvalue weighted by atomic mass is 10.2. The van der Waals surface area contributed by atoms with E-state index in [1.165, 1.54) is 5.56 Å². The van der Waals surface area contributed by atoms with Crippen molar-refractivity contribution in [1.29, 1.82) is 0 Å². The van der Waals surface area contributed by atoms with E-state index in [4.69, 9.17) is 0 Å². The van der Waals surface area contributed by atoms with Gasteiger partial charge in [0.2, 0.25) is 0 Å². The molecule has 0 aliphatic carbocycles. The molecule has 0 aromatic carbocycles. The van der Waals surface area contributed by atoms with E-state index in [2.05, 4.69) is 20.3 Å². The van der Waals surface area contributed by atoms with E-state index in [0.717, 1.165) is 39.5 Å². The van der Waals surface area contributed by atoms with Crippen LogP contribution in [0.3, 0.4) is 0 Å². The summed E-state index contributed by atoms with van der Waals surface area (Å²) in [5.74, 6) is 3.67. The Morgan fingerprint density at radius 2 is 2.12 bits per heavy atom. The molecular formula is C11H12N4S2. The molecule has 1 aliphatic heterocycles. The molecule has 3 rings (SSSR count).